The Labute approximate surface area is 171 Å². The van der Waals surface area contributed by atoms with Crippen molar-refractivity contribution >= 4 is 17.6 Å². The van der Waals surface area contributed by atoms with Gasteiger partial charge >= 0.3 is 6.18 Å². The number of hydrogen-bond acceptors (Lipinski definition) is 5. The van der Waals surface area contributed by atoms with Crippen molar-refractivity contribution in [1.82, 2.24) is 20.2 Å². The molecule has 3 rings (SSSR count). The lowest BCUT2D eigenvalue weighted by Crippen LogP contribution is -2.53. The lowest BCUT2D eigenvalue weighted by atomic mass is 10.2. The van der Waals surface area contributed by atoms with Gasteiger partial charge in [-0.25, -0.2) is 14.4 Å². The number of aliphatic imine (C=N–C) groups is 1. The van der Waals surface area contributed by atoms with Crippen molar-refractivity contribution in [2.75, 3.05) is 56.5 Å². The second-order valence-corrected chi connectivity index (χ2v) is 6.59. The van der Waals surface area contributed by atoms with Gasteiger partial charge in [-0.05, 0) is 18.2 Å². The summed E-state index contributed by atoms with van der Waals surface area (Å²) in [6.07, 6.45) is -3.44. The van der Waals surface area contributed by atoms with Gasteiger partial charge in [-0.1, -0.05) is 12.1 Å². The largest absolute Gasteiger partial charge is 0.433 e. The third kappa shape index (κ3) is 5.49. The Morgan fingerprint density at radius 2 is 1.83 bits per heavy atom. The highest BCUT2D eigenvalue weighted by Gasteiger charge is 2.32. The molecule has 0 atom stereocenters. The summed E-state index contributed by atoms with van der Waals surface area (Å²) in [5.41, 5.74) is -0.401. The molecule has 2 N–H and O–H groups in total. The van der Waals surface area contributed by atoms with E-state index in [0.717, 1.165) is 12.3 Å². The number of guanidine groups is 1. The molecule has 0 radical (unpaired) electrons. The van der Waals surface area contributed by atoms with E-state index < -0.39 is 11.9 Å². The van der Waals surface area contributed by atoms with Crippen LogP contribution in [0.15, 0.2) is 41.5 Å². The van der Waals surface area contributed by atoms with E-state index in [1.165, 1.54) is 6.07 Å². The highest BCUT2D eigenvalue weighted by atomic mass is 19.4. The Kier molecular flexibility index (Phi) is 6.91. The quantitative estimate of drug-likeness (QED) is 0.332. The number of nitrogens with one attached hydrogen (secondary N) is 2. The molecule has 2 heterocycles. The minimum Gasteiger partial charge on any atom is -0.366 e. The van der Waals surface area contributed by atoms with E-state index in [1.807, 2.05) is 11.0 Å². The second kappa shape index (κ2) is 9.59. The zero-order valence-corrected chi connectivity index (χ0v) is 16.5. The van der Waals surface area contributed by atoms with E-state index in [2.05, 4.69) is 30.5 Å². The van der Waals surface area contributed by atoms with Gasteiger partial charge in [0.25, 0.3) is 0 Å². The van der Waals surface area contributed by atoms with Crippen LogP contribution < -0.4 is 15.5 Å². The lowest BCUT2D eigenvalue weighted by molar-refractivity contribution is -0.141. The number of rotatable bonds is 5. The highest BCUT2D eigenvalue weighted by molar-refractivity contribution is 5.80. The molecule has 0 saturated carbocycles. The standard InChI is InChI=1S/C19H23F4N7/c1-24-18(27-9-8-26-17-25-7-6-16(28-17)19(21,22)23)30-12-10-29(11-13-30)15-5-3-2-4-14(15)20/h2-7H,8-13H2,1H3,(H,24,27)(H,25,26,28). The number of nitrogens with zero attached hydrogens (tertiary/aromatic N) is 5. The Hall–Kier alpha value is -3.11. The van der Waals surface area contributed by atoms with Crippen LogP contribution in [0.3, 0.4) is 0 Å². The average molecular weight is 425 g/mol. The number of halogens is 4. The maximum absolute atomic E-state index is 14.0. The fraction of sp³-hybridized carbons (Fsp3) is 0.421. The van der Waals surface area contributed by atoms with Gasteiger partial charge in [0.2, 0.25) is 5.95 Å². The van der Waals surface area contributed by atoms with Crippen molar-refractivity contribution in [2.45, 2.75) is 6.18 Å². The third-order valence-corrected chi connectivity index (χ3v) is 4.62. The zero-order chi connectivity index (χ0) is 21.6. The third-order valence-electron chi connectivity index (χ3n) is 4.62. The number of benzene rings is 1. The van der Waals surface area contributed by atoms with Gasteiger partial charge in [-0.2, -0.15) is 13.2 Å². The molecule has 1 aliphatic heterocycles. The van der Waals surface area contributed by atoms with Gasteiger partial charge in [0, 0.05) is 52.5 Å². The van der Waals surface area contributed by atoms with Crippen molar-refractivity contribution in [3.05, 3.63) is 48.0 Å². The Bertz CT molecular complexity index is 864. The molecule has 0 spiro atoms. The molecule has 1 aromatic carbocycles. The topological polar surface area (TPSA) is 68.7 Å². The predicted octanol–water partition coefficient (Wildman–Crippen LogP) is 2.44. The van der Waals surface area contributed by atoms with Crippen molar-refractivity contribution < 1.29 is 17.6 Å². The molecule has 1 aromatic heterocycles. The van der Waals surface area contributed by atoms with Crippen LogP contribution in [0.5, 0.6) is 0 Å². The molecule has 1 saturated heterocycles. The molecule has 1 aliphatic rings. The van der Waals surface area contributed by atoms with Crippen LogP contribution in [0.4, 0.5) is 29.2 Å². The van der Waals surface area contributed by atoms with E-state index in [9.17, 15) is 17.6 Å². The van der Waals surface area contributed by atoms with E-state index >= 15 is 0 Å². The van der Waals surface area contributed by atoms with Crippen LogP contribution in [-0.2, 0) is 6.18 Å². The summed E-state index contributed by atoms with van der Waals surface area (Å²) in [7, 11) is 1.66. The number of para-hydroxylation sites is 1. The minimum atomic E-state index is -4.51. The molecule has 1 fully saturated rings. The average Bonchev–Trinajstić information content (AvgIpc) is 2.74. The van der Waals surface area contributed by atoms with Crippen molar-refractivity contribution in [2.24, 2.45) is 4.99 Å². The van der Waals surface area contributed by atoms with E-state index in [1.54, 1.807) is 19.2 Å². The van der Waals surface area contributed by atoms with Gasteiger partial charge in [-0.3, -0.25) is 4.99 Å². The van der Waals surface area contributed by atoms with Gasteiger partial charge in [0.15, 0.2) is 5.96 Å². The summed E-state index contributed by atoms with van der Waals surface area (Å²) in [6, 6.07) is 7.51. The van der Waals surface area contributed by atoms with E-state index in [-0.39, 0.29) is 11.8 Å². The van der Waals surface area contributed by atoms with Crippen LogP contribution in [-0.4, -0.2) is 67.1 Å². The van der Waals surface area contributed by atoms with Crippen LogP contribution >= 0.6 is 0 Å². The van der Waals surface area contributed by atoms with Crippen LogP contribution in [0.2, 0.25) is 0 Å². The Morgan fingerprint density at radius 1 is 1.10 bits per heavy atom. The first-order chi connectivity index (χ1) is 14.4. The van der Waals surface area contributed by atoms with Crippen LogP contribution in [0.1, 0.15) is 5.69 Å². The van der Waals surface area contributed by atoms with Crippen molar-refractivity contribution in [3.63, 3.8) is 0 Å². The van der Waals surface area contributed by atoms with Gasteiger partial charge in [0.05, 0.1) is 5.69 Å². The number of piperazine rings is 1. The molecule has 0 bridgehead atoms. The number of anilines is 2. The molecule has 2 aromatic rings. The second-order valence-electron chi connectivity index (χ2n) is 6.59. The molecule has 0 aliphatic carbocycles. The SMILES string of the molecule is CN=C(NCCNc1nccc(C(F)(F)F)n1)N1CCN(c2ccccc2F)CC1. The summed E-state index contributed by atoms with van der Waals surface area (Å²) < 4.78 is 52.0. The lowest BCUT2D eigenvalue weighted by Gasteiger charge is -2.37. The Morgan fingerprint density at radius 3 is 2.50 bits per heavy atom. The van der Waals surface area contributed by atoms with Crippen molar-refractivity contribution in [3.8, 4) is 0 Å². The molecule has 0 unspecified atom stereocenters. The fourth-order valence-corrected chi connectivity index (χ4v) is 3.15. The van der Waals surface area contributed by atoms with E-state index in [4.69, 9.17) is 0 Å². The predicted molar refractivity (Wildman–Crippen MR) is 107 cm³/mol. The Balaban J connectivity index is 1.45. The monoisotopic (exact) mass is 425 g/mol. The minimum absolute atomic E-state index is 0.0832. The first-order valence-corrected chi connectivity index (χ1v) is 9.47. The molecular formula is C19H23F4N7. The van der Waals surface area contributed by atoms with Gasteiger partial charge < -0.3 is 20.4 Å². The molecular weight excluding hydrogens is 402 g/mol. The summed E-state index contributed by atoms with van der Waals surface area (Å²) in [6.45, 7) is 3.36. The maximum atomic E-state index is 14.0. The number of alkyl halides is 3. The van der Waals surface area contributed by atoms with E-state index in [0.29, 0.717) is 50.9 Å². The zero-order valence-electron chi connectivity index (χ0n) is 16.5. The summed E-state index contributed by atoms with van der Waals surface area (Å²) in [5.74, 6) is 0.353. The van der Waals surface area contributed by atoms with Gasteiger partial charge in [0.1, 0.15) is 11.5 Å². The summed E-state index contributed by atoms with van der Waals surface area (Å²) >= 11 is 0. The van der Waals surface area contributed by atoms with Gasteiger partial charge in [-0.15, -0.1) is 0 Å². The van der Waals surface area contributed by atoms with Crippen LogP contribution in [0.25, 0.3) is 0 Å². The first-order valence-electron chi connectivity index (χ1n) is 9.47. The molecule has 0 amide bonds. The number of hydrogen-bond donors (Lipinski definition) is 2. The highest BCUT2D eigenvalue weighted by Crippen LogP contribution is 2.27. The summed E-state index contributed by atoms with van der Waals surface area (Å²) in [4.78, 5) is 15.6. The number of aromatic nitrogens is 2. The summed E-state index contributed by atoms with van der Waals surface area (Å²) in [5, 5.41) is 5.93. The van der Waals surface area contributed by atoms with Crippen molar-refractivity contribution in [1.29, 1.82) is 0 Å². The molecule has 30 heavy (non-hydrogen) atoms. The molecule has 11 heteroatoms. The smallest absolute Gasteiger partial charge is 0.366 e. The molecule has 7 nitrogen and oxygen atoms in total. The van der Waals surface area contributed by atoms with Crippen LogP contribution in [0, 0.1) is 5.82 Å². The first kappa shape index (κ1) is 21.6. The normalized spacial score (nSPS) is 15.3. The molecule has 162 valence electrons. The maximum Gasteiger partial charge on any atom is 0.433 e. The fourth-order valence-electron chi connectivity index (χ4n) is 3.15.